The number of anilines is 1. The van der Waals surface area contributed by atoms with Crippen molar-refractivity contribution in [3.8, 4) is 0 Å². The Kier molecular flexibility index (Phi) is 11.7. The molecule has 0 aliphatic carbocycles. The summed E-state index contributed by atoms with van der Waals surface area (Å²) in [5.74, 6) is -0.463. The number of carbonyl (C=O) groups excluding carboxylic acids is 1. The molecule has 0 bridgehead atoms. The molecular weight excluding hydrogens is 534 g/mol. The van der Waals surface area contributed by atoms with Gasteiger partial charge in [-0.15, -0.1) is 0 Å². The molecule has 0 spiro atoms. The molecule has 3 rings (SSSR count). The lowest BCUT2D eigenvalue weighted by molar-refractivity contribution is -0.141. The number of alkyl halides is 3. The zero-order valence-corrected chi connectivity index (χ0v) is 20.0. The predicted octanol–water partition coefficient (Wildman–Crippen LogP) is 3.60. The third kappa shape index (κ3) is 7.74. The minimum absolute atomic E-state index is 0.316. The maximum absolute atomic E-state index is 12.3. The number of hydrogen-bond acceptors (Lipinski definition) is 7. The van der Waals surface area contributed by atoms with Crippen LogP contribution in [0.2, 0.25) is 0 Å². The maximum atomic E-state index is 12.3. The molecule has 0 saturated carbocycles. The number of hydrogen-bond donors (Lipinski definition) is 3. The van der Waals surface area contributed by atoms with Gasteiger partial charge in [-0.2, -0.15) is 13.2 Å². The summed E-state index contributed by atoms with van der Waals surface area (Å²) in [5.41, 5.74) is 8.44. The van der Waals surface area contributed by atoms with E-state index in [1.807, 2.05) is 40.4 Å². The van der Waals surface area contributed by atoms with Gasteiger partial charge in [0, 0.05) is 49.6 Å². The van der Waals surface area contributed by atoms with Crippen LogP contribution in [0.4, 0.5) is 19.0 Å². The van der Waals surface area contributed by atoms with E-state index in [9.17, 15) is 18.0 Å². The predicted molar refractivity (Wildman–Crippen MR) is 123 cm³/mol. The zero-order chi connectivity index (χ0) is 22.7. The lowest BCUT2D eigenvalue weighted by Crippen LogP contribution is -2.46. The van der Waals surface area contributed by atoms with E-state index in [0.29, 0.717) is 31.7 Å². The number of piperidine rings is 1. The highest BCUT2D eigenvalue weighted by molar-refractivity contribution is 14.2. The molecule has 0 radical (unpaired) electrons. The van der Waals surface area contributed by atoms with Crippen molar-refractivity contribution in [1.82, 2.24) is 24.3 Å². The van der Waals surface area contributed by atoms with E-state index in [-0.39, 0.29) is 0 Å². The molecule has 4 N–H and O–H groups in total. The lowest BCUT2D eigenvalue weighted by atomic mass is 9.98. The Morgan fingerprint density at radius 2 is 2.07 bits per heavy atom. The Hall–Kier alpha value is -1.32. The van der Waals surface area contributed by atoms with Gasteiger partial charge >= 0.3 is 6.18 Å². The van der Waals surface area contributed by atoms with Crippen LogP contribution >= 0.6 is 30.3 Å². The zero-order valence-electron chi connectivity index (χ0n) is 17.0. The van der Waals surface area contributed by atoms with Gasteiger partial charge in [0.1, 0.15) is 12.9 Å². The molecule has 30 heavy (non-hydrogen) atoms. The number of halogens is 4. The van der Waals surface area contributed by atoms with Gasteiger partial charge in [-0.25, -0.2) is 15.0 Å². The van der Waals surface area contributed by atoms with Crippen molar-refractivity contribution >= 4 is 53.1 Å². The number of fused-ring (bicyclic) bond motifs is 1. The monoisotopic (exact) mass is 561 g/mol. The Labute approximate surface area is 190 Å². The molecule has 3 heterocycles. The number of nitrogens with zero attached hydrogens (tertiary/aromatic N) is 4. The summed E-state index contributed by atoms with van der Waals surface area (Å²) < 4.78 is 38.7. The van der Waals surface area contributed by atoms with Crippen molar-refractivity contribution in [2.75, 3.05) is 32.1 Å². The van der Waals surface area contributed by atoms with Crippen LogP contribution in [0, 0.1) is 5.92 Å². The van der Waals surface area contributed by atoms with E-state index in [1.165, 1.54) is 22.5 Å². The SMILES string of the molecule is CC.CN.O=C(NCC(F)(F)F)C1CCCN(Nc2ncnc3c2ccn3SI)C1. The van der Waals surface area contributed by atoms with Gasteiger partial charge in [0.05, 0.1) is 11.3 Å². The molecular formula is C17H27F3IN7OS. The van der Waals surface area contributed by atoms with Gasteiger partial charge < -0.3 is 16.5 Å². The molecule has 1 atom stereocenters. The van der Waals surface area contributed by atoms with Crippen LogP contribution in [-0.4, -0.2) is 57.7 Å². The van der Waals surface area contributed by atoms with Gasteiger partial charge in [-0.05, 0) is 26.0 Å². The van der Waals surface area contributed by atoms with Crippen LogP contribution in [0.25, 0.3) is 11.0 Å². The molecule has 2 aromatic heterocycles. The summed E-state index contributed by atoms with van der Waals surface area (Å²) >= 11 is 2.15. The maximum Gasteiger partial charge on any atom is 0.405 e. The smallest absolute Gasteiger partial charge is 0.347 e. The molecule has 8 nitrogen and oxygen atoms in total. The summed E-state index contributed by atoms with van der Waals surface area (Å²) in [4.78, 5) is 20.5. The molecule has 1 saturated heterocycles. The molecule has 2 aromatic rings. The number of hydrazine groups is 1. The van der Waals surface area contributed by atoms with Crippen LogP contribution in [0.15, 0.2) is 18.6 Å². The molecule has 1 aliphatic rings. The molecule has 1 fully saturated rings. The molecule has 1 amide bonds. The van der Waals surface area contributed by atoms with E-state index < -0.39 is 24.5 Å². The third-order valence-electron chi connectivity index (χ3n) is 4.04. The van der Waals surface area contributed by atoms with Crippen LogP contribution in [0.1, 0.15) is 26.7 Å². The van der Waals surface area contributed by atoms with E-state index in [2.05, 4.69) is 42.3 Å². The summed E-state index contributed by atoms with van der Waals surface area (Å²) in [7, 11) is 2.98. The summed E-state index contributed by atoms with van der Waals surface area (Å²) in [6, 6.07) is 1.89. The van der Waals surface area contributed by atoms with E-state index in [1.54, 1.807) is 0 Å². The van der Waals surface area contributed by atoms with Gasteiger partial charge in [0.2, 0.25) is 5.91 Å². The van der Waals surface area contributed by atoms with Crippen molar-refractivity contribution in [3.63, 3.8) is 0 Å². The fourth-order valence-corrected chi connectivity index (χ4v) is 4.12. The molecule has 0 aromatic carbocycles. The van der Waals surface area contributed by atoms with Crippen molar-refractivity contribution in [2.45, 2.75) is 32.9 Å². The lowest BCUT2D eigenvalue weighted by Gasteiger charge is -2.32. The Morgan fingerprint density at radius 1 is 1.37 bits per heavy atom. The topological polar surface area (TPSA) is 101 Å². The molecule has 170 valence electrons. The fourth-order valence-electron chi connectivity index (χ4n) is 2.85. The van der Waals surface area contributed by atoms with E-state index in [0.717, 1.165) is 11.0 Å². The average Bonchev–Trinajstić information content (AvgIpc) is 3.19. The third-order valence-corrected chi connectivity index (χ3v) is 5.76. The highest BCUT2D eigenvalue weighted by atomic mass is 127. The average molecular weight is 561 g/mol. The van der Waals surface area contributed by atoms with Gasteiger partial charge in [-0.3, -0.25) is 8.77 Å². The standard InChI is InChI=1S/C14H16F3IN6OS.C2H6.CH5N/c15-14(16,17)7-19-13(25)9-2-1-4-23(6-9)22-11-10-3-5-24(26-18)12(10)21-8-20-11;2*1-2/h3,5,8-9H,1-2,4,6-7H2,(H,19,25)(H,20,21,22);1-2H3;2H2,1H3. The van der Waals surface area contributed by atoms with Crippen LogP contribution in [-0.2, 0) is 4.79 Å². The summed E-state index contributed by atoms with van der Waals surface area (Å²) in [6.45, 7) is 3.69. The summed E-state index contributed by atoms with van der Waals surface area (Å²) in [6.07, 6.45) is 0.189. The first-order valence-electron chi connectivity index (χ1n) is 9.42. The highest BCUT2D eigenvalue weighted by Crippen LogP contribution is 2.27. The van der Waals surface area contributed by atoms with Gasteiger partial charge in [-0.1, -0.05) is 13.8 Å². The first-order valence-corrected chi connectivity index (χ1v) is 12.7. The van der Waals surface area contributed by atoms with Gasteiger partial charge in [0.15, 0.2) is 11.5 Å². The molecule has 13 heteroatoms. The number of amides is 1. The number of aromatic nitrogens is 3. The second-order valence-electron chi connectivity index (χ2n) is 5.90. The van der Waals surface area contributed by atoms with Crippen LogP contribution < -0.4 is 16.5 Å². The quantitative estimate of drug-likeness (QED) is 0.480. The van der Waals surface area contributed by atoms with Crippen molar-refractivity contribution in [3.05, 3.63) is 18.6 Å². The number of nitrogens with two attached hydrogens (primary N) is 1. The second-order valence-corrected chi connectivity index (χ2v) is 7.61. The minimum atomic E-state index is -4.40. The minimum Gasteiger partial charge on any atom is -0.347 e. The van der Waals surface area contributed by atoms with E-state index in [4.69, 9.17) is 0 Å². The number of carbonyl (C=O) groups is 1. The Balaban J connectivity index is 0.00000106. The number of nitrogens with one attached hydrogen (secondary N) is 2. The number of rotatable bonds is 5. The molecule has 1 unspecified atom stereocenters. The van der Waals surface area contributed by atoms with Gasteiger partial charge in [0.25, 0.3) is 0 Å². The van der Waals surface area contributed by atoms with Crippen LogP contribution in [0.5, 0.6) is 0 Å². The van der Waals surface area contributed by atoms with Crippen molar-refractivity contribution in [2.24, 2.45) is 11.7 Å². The van der Waals surface area contributed by atoms with Crippen molar-refractivity contribution in [1.29, 1.82) is 0 Å². The van der Waals surface area contributed by atoms with Crippen LogP contribution in [0.3, 0.4) is 0 Å². The molecule has 1 aliphatic heterocycles. The Morgan fingerprint density at radius 3 is 2.70 bits per heavy atom. The summed E-state index contributed by atoms with van der Waals surface area (Å²) in [5, 5.41) is 4.62. The largest absolute Gasteiger partial charge is 0.405 e. The fraction of sp³-hybridized carbons (Fsp3) is 0.588. The first kappa shape index (κ1) is 26.7. The normalized spacial score (nSPS) is 16.7. The second kappa shape index (κ2) is 13.2. The highest BCUT2D eigenvalue weighted by Gasteiger charge is 2.31. The first-order chi connectivity index (χ1) is 14.4. The van der Waals surface area contributed by atoms with E-state index >= 15 is 0 Å². The Bertz CT molecular complexity index is 790. The van der Waals surface area contributed by atoms with Crippen molar-refractivity contribution < 1.29 is 18.0 Å².